The van der Waals surface area contributed by atoms with Crippen molar-refractivity contribution in [2.75, 3.05) is 0 Å². The molecule has 2 rings (SSSR count). The minimum Gasteiger partial charge on any atom is -0.478 e. The Hall–Kier alpha value is -2.51. The molecule has 1 aromatic heterocycles. The number of benzene rings is 1. The predicted octanol–water partition coefficient (Wildman–Crippen LogP) is 0.840. The summed E-state index contributed by atoms with van der Waals surface area (Å²) in [5.41, 5.74) is -0.298. The van der Waals surface area contributed by atoms with Crippen LogP contribution in [0.15, 0.2) is 18.2 Å². The zero-order valence-electron chi connectivity index (χ0n) is 8.66. The van der Waals surface area contributed by atoms with E-state index in [9.17, 15) is 9.18 Å². The lowest BCUT2D eigenvalue weighted by atomic mass is 10.2. The standard InChI is InChI=1S/C9H7FN4O3/c1-14-9(11-12-13-14)17-7-3-2-5(10)4-6(7)8(15)16/h2-4H,1H3,(H,15,16). The number of nitrogens with zero attached hydrogens (tertiary/aromatic N) is 4. The first-order valence-electron chi connectivity index (χ1n) is 4.51. The molecule has 0 aliphatic carbocycles. The summed E-state index contributed by atoms with van der Waals surface area (Å²) < 4.78 is 19.3. The molecule has 0 spiro atoms. The highest BCUT2D eigenvalue weighted by Crippen LogP contribution is 2.24. The van der Waals surface area contributed by atoms with Crippen LogP contribution in [0.1, 0.15) is 10.4 Å². The number of aromatic carboxylic acids is 1. The van der Waals surface area contributed by atoms with E-state index in [1.165, 1.54) is 17.8 Å². The molecule has 17 heavy (non-hydrogen) atoms. The molecule has 1 heterocycles. The lowest BCUT2D eigenvalue weighted by molar-refractivity contribution is 0.0693. The summed E-state index contributed by atoms with van der Waals surface area (Å²) in [5.74, 6) is -1.99. The van der Waals surface area contributed by atoms with E-state index in [0.29, 0.717) is 0 Å². The normalized spacial score (nSPS) is 10.2. The van der Waals surface area contributed by atoms with Crippen LogP contribution in [0, 0.1) is 5.82 Å². The first-order valence-corrected chi connectivity index (χ1v) is 4.51. The molecular formula is C9H7FN4O3. The monoisotopic (exact) mass is 238 g/mol. The van der Waals surface area contributed by atoms with Gasteiger partial charge in [0.15, 0.2) is 0 Å². The van der Waals surface area contributed by atoms with Gasteiger partial charge in [0.25, 0.3) is 0 Å². The molecule has 0 fully saturated rings. The summed E-state index contributed by atoms with van der Waals surface area (Å²) in [6, 6.07) is 3.17. The van der Waals surface area contributed by atoms with Gasteiger partial charge in [-0.05, 0) is 28.6 Å². The van der Waals surface area contributed by atoms with E-state index < -0.39 is 11.8 Å². The van der Waals surface area contributed by atoms with Gasteiger partial charge < -0.3 is 9.84 Å². The van der Waals surface area contributed by atoms with Gasteiger partial charge in [0.2, 0.25) is 0 Å². The molecule has 0 bridgehead atoms. The maximum Gasteiger partial charge on any atom is 0.340 e. The molecule has 7 nitrogen and oxygen atoms in total. The molecule has 0 aliphatic heterocycles. The zero-order valence-corrected chi connectivity index (χ0v) is 8.66. The fraction of sp³-hybridized carbons (Fsp3) is 0.111. The molecule has 0 saturated carbocycles. The lowest BCUT2D eigenvalue weighted by Crippen LogP contribution is -2.03. The Kier molecular flexibility index (Phi) is 2.69. The van der Waals surface area contributed by atoms with Gasteiger partial charge in [-0.25, -0.2) is 9.18 Å². The van der Waals surface area contributed by atoms with Crippen molar-refractivity contribution in [3.8, 4) is 11.8 Å². The van der Waals surface area contributed by atoms with Crippen LogP contribution >= 0.6 is 0 Å². The second-order valence-corrected chi connectivity index (χ2v) is 3.13. The Morgan fingerprint density at radius 3 is 2.88 bits per heavy atom. The Morgan fingerprint density at radius 1 is 1.53 bits per heavy atom. The fourth-order valence-electron chi connectivity index (χ4n) is 1.16. The number of carboxylic acids is 1. The molecule has 0 amide bonds. The average molecular weight is 238 g/mol. The van der Waals surface area contributed by atoms with E-state index >= 15 is 0 Å². The molecule has 0 radical (unpaired) electrons. The minimum atomic E-state index is -1.30. The van der Waals surface area contributed by atoms with E-state index in [1.807, 2.05) is 0 Å². The van der Waals surface area contributed by atoms with Gasteiger partial charge in [-0.15, -0.1) is 0 Å². The van der Waals surface area contributed by atoms with Crippen molar-refractivity contribution in [1.29, 1.82) is 0 Å². The van der Waals surface area contributed by atoms with Crippen LogP contribution in [0.5, 0.6) is 11.8 Å². The number of aryl methyl sites for hydroxylation is 1. The van der Waals surface area contributed by atoms with Crippen molar-refractivity contribution in [1.82, 2.24) is 20.2 Å². The number of halogens is 1. The number of carboxylic acid groups (broad SMARTS) is 1. The first kappa shape index (κ1) is 11.0. The van der Waals surface area contributed by atoms with Crippen molar-refractivity contribution in [3.63, 3.8) is 0 Å². The summed E-state index contributed by atoms with van der Waals surface area (Å²) >= 11 is 0. The molecule has 1 N–H and O–H groups in total. The number of hydrogen-bond acceptors (Lipinski definition) is 5. The third kappa shape index (κ3) is 2.19. The molecule has 2 aromatic rings. The first-order chi connectivity index (χ1) is 8.08. The number of hydrogen-bond donors (Lipinski definition) is 1. The minimum absolute atomic E-state index is 0.0131. The van der Waals surface area contributed by atoms with Crippen molar-refractivity contribution < 1.29 is 19.0 Å². The zero-order chi connectivity index (χ0) is 12.4. The highest BCUT2D eigenvalue weighted by Gasteiger charge is 2.15. The Morgan fingerprint density at radius 2 is 2.29 bits per heavy atom. The van der Waals surface area contributed by atoms with Gasteiger partial charge in [0.1, 0.15) is 17.1 Å². The predicted molar refractivity (Wildman–Crippen MR) is 52.2 cm³/mol. The van der Waals surface area contributed by atoms with Crippen molar-refractivity contribution in [2.24, 2.45) is 7.05 Å². The van der Waals surface area contributed by atoms with Gasteiger partial charge in [-0.3, -0.25) is 0 Å². The Bertz CT molecular complexity index is 569. The van der Waals surface area contributed by atoms with Gasteiger partial charge in [0, 0.05) is 7.05 Å². The number of aromatic nitrogens is 4. The van der Waals surface area contributed by atoms with Crippen LogP contribution in [0.2, 0.25) is 0 Å². The van der Waals surface area contributed by atoms with Crippen LogP contribution < -0.4 is 4.74 Å². The largest absolute Gasteiger partial charge is 0.478 e. The average Bonchev–Trinajstić information content (AvgIpc) is 2.67. The van der Waals surface area contributed by atoms with Gasteiger partial charge >= 0.3 is 12.0 Å². The Balaban J connectivity index is 2.39. The summed E-state index contributed by atoms with van der Waals surface area (Å²) in [4.78, 5) is 10.9. The topological polar surface area (TPSA) is 90.1 Å². The summed E-state index contributed by atoms with van der Waals surface area (Å²) in [6.45, 7) is 0. The molecule has 0 saturated heterocycles. The van der Waals surface area contributed by atoms with E-state index in [0.717, 1.165) is 12.1 Å². The fourth-order valence-corrected chi connectivity index (χ4v) is 1.16. The van der Waals surface area contributed by atoms with E-state index in [1.54, 1.807) is 0 Å². The number of tetrazole rings is 1. The summed E-state index contributed by atoms with van der Waals surface area (Å²) in [6.07, 6.45) is 0. The Labute approximate surface area is 94.4 Å². The molecule has 88 valence electrons. The quantitative estimate of drug-likeness (QED) is 0.852. The smallest absolute Gasteiger partial charge is 0.340 e. The number of rotatable bonds is 3. The van der Waals surface area contributed by atoms with Crippen LogP contribution in [0.3, 0.4) is 0 Å². The van der Waals surface area contributed by atoms with Crippen LogP contribution in [-0.2, 0) is 7.05 Å². The third-order valence-electron chi connectivity index (χ3n) is 1.95. The second kappa shape index (κ2) is 4.16. The highest BCUT2D eigenvalue weighted by molar-refractivity contribution is 5.90. The molecule has 0 aliphatic rings. The molecule has 1 aromatic carbocycles. The SMILES string of the molecule is Cn1nnnc1Oc1ccc(F)cc1C(=O)O. The molecular weight excluding hydrogens is 231 g/mol. The maximum atomic E-state index is 12.9. The van der Waals surface area contributed by atoms with Crippen LogP contribution in [0.25, 0.3) is 0 Å². The van der Waals surface area contributed by atoms with Crippen molar-refractivity contribution >= 4 is 5.97 Å². The maximum absolute atomic E-state index is 12.9. The van der Waals surface area contributed by atoms with E-state index in [4.69, 9.17) is 9.84 Å². The van der Waals surface area contributed by atoms with Gasteiger partial charge in [-0.1, -0.05) is 5.10 Å². The molecule has 0 atom stereocenters. The molecule has 0 unspecified atom stereocenters. The number of ether oxygens (including phenoxy) is 1. The summed E-state index contributed by atoms with van der Waals surface area (Å²) in [7, 11) is 1.53. The third-order valence-corrected chi connectivity index (χ3v) is 1.95. The number of carbonyl (C=O) groups is 1. The molecule has 8 heteroatoms. The van der Waals surface area contributed by atoms with E-state index in [-0.39, 0.29) is 17.3 Å². The van der Waals surface area contributed by atoms with Crippen LogP contribution in [0.4, 0.5) is 4.39 Å². The van der Waals surface area contributed by atoms with Gasteiger partial charge in [-0.2, -0.15) is 4.68 Å². The van der Waals surface area contributed by atoms with E-state index in [2.05, 4.69) is 15.5 Å². The lowest BCUT2D eigenvalue weighted by Gasteiger charge is -2.06. The second-order valence-electron chi connectivity index (χ2n) is 3.13. The summed E-state index contributed by atoms with van der Waals surface area (Å²) in [5, 5.41) is 19.3. The van der Waals surface area contributed by atoms with Crippen molar-refractivity contribution in [3.05, 3.63) is 29.6 Å². The van der Waals surface area contributed by atoms with Gasteiger partial charge in [0.05, 0.1) is 0 Å². The van der Waals surface area contributed by atoms with Crippen LogP contribution in [-0.4, -0.2) is 31.3 Å². The van der Waals surface area contributed by atoms with Crippen molar-refractivity contribution in [2.45, 2.75) is 0 Å². The highest BCUT2D eigenvalue weighted by atomic mass is 19.1.